The van der Waals surface area contributed by atoms with Gasteiger partial charge in [0.25, 0.3) is 5.56 Å². The average molecular weight is 228 g/mol. The number of aromatic nitrogens is 2. The number of allylic oxidation sites excluding steroid dienone is 1. The lowest BCUT2D eigenvalue weighted by atomic mass is 10.3. The van der Waals surface area contributed by atoms with Crippen LogP contribution in [0.1, 0.15) is 12.8 Å². The van der Waals surface area contributed by atoms with Gasteiger partial charge in [0, 0.05) is 13.6 Å². The third-order valence-electron chi connectivity index (χ3n) is 2.04. The minimum Gasteiger partial charge on any atom is -0.358 e. The molecule has 82 valence electrons. The molecule has 0 saturated heterocycles. The topological polar surface area (TPSA) is 49.0 Å². The average Bonchev–Trinajstić information content (AvgIpc) is 2.22. The number of aromatic amines is 1. The van der Waals surface area contributed by atoms with Crippen molar-refractivity contribution in [3.8, 4) is 0 Å². The Morgan fingerprint density at radius 2 is 2.47 bits per heavy atom. The molecule has 0 saturated carbocycles. The summed E-state index contributed by atoms with van der Waals surface area (Å²) < 4.78 is 0. The van der Waals surface area contributed by atoms with Crippen LogP contribution in [0.25, 0.3) is 0 Å². The van der Waals surface area contributed by atoms with Crippen LogP contribution >= 0.6 is 11.6 Å². The highest BCUT2D eigenvalue weighted by Crippen LogP contribution is 2.16. The molecule has 0 bridgehead atoms. The monoisotopic (exact) mass is 227 g/mol. The van der Waals surface area contributed by atoms with Gasteiger partial charge < -0.3 is 9.88 Å². The van der Waals surface area contributed by atoms with Crippen molar-refractivity contribution in [1.82, 2.24) is 9.97 Å². The van der Waals surface area contributed by atoms with Gasteiger partial charge in [0.1, 0.15) is 5.02 Å². The van der Waals surface area contributed by atoms with E-state index in [2.05, 4.69) is 16.5 Å². The van der Waals surface area contributed by atoms with Gasteiger partial charge in [-0.3, -0.25) is 4.79 Å². The Hall–Kier alpha value is -1.29. The molecule has 0 amide bonds. The maximum atomic E-state index is 11.2. The number of hydrogen-bond acceptors (Lipinski definition) is 3. The van der Waals surface area contributed by atoms with E-state index in [0.717, 1.165) is 19.4 Å². The van der Waals surface area contributed by atoms with Crippen molar-refractivity contribution in [2.75, 3.05) is 18.5 Å². The summed E-state index contributed by atoms with van der Waals surface area (Å²) in [6.07, 6.45) is 5.12. The van der Waals surface area contributed by atoms with Crippen molar-refractivity contribution >= 4 is 17.4 Å². The Morgan fingerprint density at radius 1 is 1.73 bits per heavy atom. The zero-order valence-electron chi connectivity index (χ0n) is 8.66. The lowest BCUT2D eigenvalue weighted by molar-refractivity contribution is 0.789. The Kier molecular flexibility index (Phi) is 4.37. The summed E-state index contributed by atoms with van der Waals surface area (Å²) >= 11 is 5.83. The Morgan fingerprint density at radius 3 is 3.13 bits per heavy atom. The van der Waals surface area contributed by atoms with Crippen molar-refractivity contribution in [2.45, 2.75) is 12.8 Å². The molecule has 5 heteroatoms. The second kappa shape index (κ2) is 5.56. The number of nitrogens with zero attached hydrogens (tertiary/aromatic N) is 2. The molecule has 1 heterocycles. The molecule has 0 atom stereocenters. The third-order valence-corrected chi connectivity index (χ3v) is 2.38. The molecule has 1 N–H and O–H groups in total. The first-order valence-corrected chi connectivity index (χ1v) is 5.10. The second-order valence-corrected chi connectivity index (χ2v) is 3.60. The van der Waals surface area contributed by atoms with Gasteiger partial charge in [0.2, 0.25) is 0 Å². The van der Waals surface area contributed by atoms with Crippen LogP contribution in [0.2, 0.25) is 5.02 Å². The van der Waals surface area contributed by atoms with Crippen LogP contribution in [0.15, 0.2) is 23.8 Å². The highest BCUT2D eigenvalue weighted by atomic mass is 35.5. The standard InChI is InChI=1S/C10H14ClN3O/c1-3-4-5-6-14(2)9-8(11)10(15)13-7-12-9/h3,7H,1,4-6H2,2H3,(H,12,13,15). The maximum Gasteiger partial charge on any atom is 0.271 e. The quantitative estimate of drug-likeness (QED) is 0.617. The SMILES string of the molecule is C=CCCCN(C)c1nc[nH]c(=O)c1Cl. The van der Waals surface area contributed by atoms with E-state index in [0.29, 0.717) is 5.82 Å². The molecular weight excluding hydrogens is 214 g/mol. The van der Waals surface area contributed by atoms with Gasteiger partial charge in [-0.2, -0.15) is 0 Å². The van der Waals surface area contributed by atoms with Gasteiger partial charge in [0.05, 0.1) is 6.33 Å². The molecule has 0 radical (unpaired) electrons. The highest BCUT2D eigenvalue weighted by Gasteiger charge is 2.09. The first kappa shape index (κ1) is 11.8. The Bertz CT molecular complexity index is 388. The zero-order chi connectivity index (χ0) is 11.3. The lowest BCUT2D eigenvalue weighted by Crippen LogP contribution is -2.23. The van der Waals surface area contributed by atoms with E-state index in [-0.39, 0.29) is 10.6 Å². The van der Waals surface area contributed by atoms with Gasteiger partial charge >= 0.3 is 0 Å². The fourth-order valence-corrected chi connectivity index (χ4v) is 1.47. The van der Waals surface area contributed by atoms with E-state index in [1.165, 1.54) is 6.33 Å². The lowest BCUT2D eigenvalue weighted by Gasteiger charge is -2.17. The fourth-order valence-electron chi connectivity index (χ4n) is 1.22. The Labute approximate surface area is 93.6 Å². The van der Waals surface area contributed by atoms with E-state index in [9.17, 15) is 4.79 Å². The maximum absolute atomic E-state index is 11.2. The van der Waals surface area contributed by atoms with Crippen LogP contribution in [0.4, 0.5) is 5.82 Å². The summed E-state index contributed by atoms with van der Waals surface area (Å²) in [7, 11) is 1.86. The number of anilines is 1. The minimum absolute atomic E-state index is 0.138. The van der Waals surface area contributed by atoms with E-state index in [1.807, 2.05) is 18.0 Å². The van der Waals surface area contributed by atoms with Crippen molar-refractivity contribution < 1.29 is 0 Å². The molecule has 1 aromatic heterocycles. The predicted molar refractivity (Wildman–Crippen MR) is 62.6 cm³/mol. The second-order valence-electron chi connectivity index (χ2n) is 3.22. The summed E-state index contributed by atoms with van der Waals surface area (Å²) in [6.45, 7) is 4.44. The van der Waals surface area contributed by atoms with Crippen LogP contribution in [-0.4, -0.2) is 23.6 Å². The first-order chi connectivity index (χ1) is 7.16. The molecule has 0 fully saturated rings. The number of halogens is 1. The summed E-state index contributed by atoms with van der Waals surface area (Å²) in [5, 5.41) is 0.138. The highest BCUT2D eigenvalue weighted by molar-refractivity contribution is 6.32. The molecule has 0 aromatic carbocycles. The van der Waals surface area contributed by atoms with Crippen LogP contribution in [0, 0.1) is 0 Å². The van der Waals surface area contributed by atoms with Gasteiger partial charge in [-0.15, -0.1) is 6.58 Å². The van der Waals surface area contributed by atoms with Crippen molar-refractivity contribution in [3.05, 3.63) is 34.4 Å². The molecule has 0 aliphatic carbocycles. The van der Waals surface area contributed by atoms with E-state index >= 15 is 0 Å². The molecule has 0 aliphatic rings. The van der Waals surface area contributed by atoms with E-state index in [4.69, 9.17) is 11.6 Å². The van der Waals surface area contributed by atoms with Crippen molar-refractivity contribution in [3.63, 3.8) is 0 Å². The molecule has 0 spiro atoms. The number of nitrogens with one attached hydrogen (secondary N) is 1. The van der Waals surface area contributed by atoms with Crippen molar-refractivity contribution in [1.29, 1.82) is 0 Å². The fraction of sp³-hybridized carbons (Fsp3) is 0.400. The van der Waals surface area contributed by atoms with Gasteiger partial charge in [-0.25, -0.2) is 4.98 Å². The molecule has 0 aliphatic heterocycles. The largest absolute Gasteiger partial charge is 0.358 e. The summed E-state index contributed by atoms with van der Waals surface area (Å²) in [5.74, 6) is 0.518. The van der Waals surface area contributed by atoms with Gasteiger partial charge in [-0.1, -0.05) is 17.7 Å². The third kappa shape index (κ3) is 3.09. The molecule has 4 nitrogen and oxygen atoms in total. The number of H-pyrrole nitrogens is 1. The van der Waals surface area contributed by atoms with E-state index < -0.39 is 0 Å². The van der Waals surface area contributed by atoms with Gasteiger partial charge in [-0.05, 0) is 12.8 Å². The van der Waals surface area contributed by atoms with Gasteiger partial charge in [0.15, 0.2) is 5.82 Å². The molecule has 15 heavy (non-hydrogen) atoms. The van der Waals surface area contributed by atoms with Crippen LogP contribution in [0.5, 0.6) is 0 Å². The van der Waals surface area contributed by atoms with Crippen LogP contribution in [0.3, 0.4) is 0 Å². The summed E-state index contributed by atoms with van der Waals surface area (Å²) in [6, 6.07) is 0. The normalized spacial score (nSPS) is 10.0. The van der Waals surface area contributed by atoms with Crippen LogP contribution in [-0.2, 0) is 0 Å². The van der Waals surface area contributed by atoms with E-state index in [1.54, 1.807) is 0 Å². The smallest absolute Gasteiger partial charge is 0.271 e. The number of unbranched alkanes of at least 4 members (excludes halogenated alkanes) is 1. The number of hydrogen-bond donors (Lipinski definition) is 1. The minimum atomic E-state index is -0.308. The van der Waals surface area contributed by atoms with Crippen molar-refractivity contribution in [2.24, 2.45) is 0 Å². The Balaban J connectivity index is 2.73. The zero-order valence-corrected chi connectivity index (χ0v) is 9.42. The molecule has 1 aromatic rings. The molecule has 0 unspecified atom stereocenters. The van der Waals surface area contributed by atoms with Crippen LogP contribution < -0.4 is 10.5 Å². The predicted octanol–water partition coefficient (Wildman–Crippen LogP) is 1.83. The molecule has 1 rings (SSSR count). The summed E-state index contributed by atoms with van der Waals surface area (Å²) in [4.78, 5) is 19.5. The molecular formula is C10H14ClN3O. The first-order valence-electron chi connectivity index (χ1n) is 4.72. The summed E-state index contributed by atoms with van der Waals surface area (Å²) in [5.41, 5.74) is -0.308. The number of rotatable bonds is 5.